The summed E-state index contributed by atoms with van der Waals surface area (Å²) in [6.45, 7) is 4.70. The van der Waals surface area contributed by atoms with Crippen molar-refractivity contribution in [3.8, 4) is 0 Å². The normalized spacial score (nSPS) is 11.8. The molecule has 0 aliphatic rings. The molecule has 0 fully saturated rings. The number of hydrogen-bond donors (Lipinski definition) is 2. The second-order valence-electron chi connectivity index (χ2n) is 6.05. The highest BCUT2D eigenvalue weighted by Gasteiger charge is 2.15. The van der Waals surface area contributed by atoms with Crippen LogP contribution in [0.2, 0.25) is 0 Å². The lowest BCUT2D eigenvalue weighted by molar-refractivity contribution is -0.119. The van der Waals surface area contributed by atoms with Crippen LogP contribution in [0.1, 0.15) is 25.5 Å². The van der Waals surface area contributed by atoms with Crippen LogP contribution in [0.25, 0.3) is 0 Å². The highest BCUT2D eigenvalue weighted by molar-refractivity contribution is 7.99. The molecule has 0 aliphatic carbocycles. The predicted molar refractivity (Wildman–Crippen MR) is 110 cm³/mol. The number of carbonyl (C=O) groups excluding carboxylic acids is 1. The number of carbonyl (C=O) groups is 1. The number of amides is 1. The van der Waals surface area contributed by atoms with Crippen LogP contribution >= 0.6 is 11.8 Å². The standard InChI is InChI=1S/C20H23N5OS/c1-3-27-19-6-4-5-16(11-19)12-22-17-7-9-18(10-8-17)24-20(26)15(2)25-14-21-13-23-25/h4-11,13-15,22H,3,12H2,1-2H3,(H,24,26). The Labute approximate surface area is 163 Å². The van der Waals surface area contributed by atoms with E-state index in [4.69, 9.17) is 0 Å². The Morgan fingerprint density at radius 1 is 1.19 bits per heavy atom. The summed E-state index contributed by atoms with van der Waals surface area (Å²) in [7, 11) is 0. The maximum atomic E-state index is 12.3. The summed E-state index contributed by atoms with van der Waals surface area (Å²) < 4.78 is 1.52. The van der Waals surface area contributed by atoms with Crippen LogP contribution in [0.15, 0.2) is 66.1 Å². The van der Waals surface area contributed by atoms with Gasteiger partial charge in [0.25, 0.3) is 0 Å². The number of anilines is 2. The van der Waals surface area contributed by atoms with E-state index in [0.29, 0.717) is 0 Å². The van der Waals surface area contributed by atoms with E-state index >= 15 is 0 Å². The van der Waals surface area contributed by atoms with E-state index in [2.05, 4.69) is 51.9 Å². The molecule has 2 N–H and O–H groups in total. The van der Waals surface area contributed by atoms with Gasteiger partial charge in [-0.05, 0) is 54.6 Å². The van der Waals surface area contributed by atoms with E-state index in [1.54, 1.807) is 6.92 Å². The SMILES string of the molecule is CCSc1cccc(CNc2ccc(NC(=O)C(C)n3cncn3)cc2)c1. The molecule has 3 rings (SSSR count). The highest BCUT2D eigenvalue weighted by Crippen LogP contribution is 2.20. The first kappa shape index (κ1) is 19.0. The number of nitrogens with one attached hydrogen (secondary N) is 2. The summed E-state index contributed by atoms with van der Waals surface area (Å²) in [6, 6.07) is 15.8. The number of nitrogens with zero attached hydrogens (tertiary/aromatic N) is 3. The molecule has 140 valence electrons. The Kier molecular flexibility index (Phi) is 6.49. The third-order valence-electron chi connectivity index (χ3n) is 4.07. The lowest BCUT2D eigenvalue weighted by Gasteiger charge is -2.13. The van der Waals surface area contributed by atoms with Gasteiger partial charge in [-0.3, -0.25) is 4.79 Å². The second-order valence-corrected chi connectivity index (χ2v) is 7.39. The van der Waals surface area contributed by atoms with Gasteiger partial charge in [0.15, 0.2) is 0 Å². The first-order chi connectivity index (χ1) is 13.2. The van der Waals surface area contributed by atoms with Crippen molar-refractivity contribution in [1.82, 2.24) is 14.8 Å². The van der Waals surface area contributed by atoms with Crippen LogP contribution in [0.5, 0.6) is 0 Å². The molecule has 1 heterocycles. The molecule has 2 aromatic carbocycles. The maximum Gasteiger partial charge on any atom is 0.249 e. The Morgan fingerprint density at radius 2 is 1.96 bits per heavy atom. The molecule has 1 aromatic heterocycles. The van der Waals surface area contributed by atoms with Crippen molar-refractivity contribution < 1.29 is 4.79 Å². The average molecular weight is 382 g/mol. The van der Waals surface area contributed by atoms with Crippen LogP contribution in [-0.2, 0) is 11.3 Å². The van der Waals surface area contributed by atoms with Gasteiger partial charge in [0, 0.05) is 22.8 Å². The minimum Gasteiger partial charge on any atom is -0.381 e. The zero-order valence-corrected chi connectivity index (χ0v) is 16.2. The van der Waals surface area contributed by atoms with Crippen molar-refractivity contribution in [3.05, 3.63) is 66.7 Å². The lowest BCUT2D eigenvalue weighted by atomic mass is 10.2. The third-order valence-corrected chi connectivity index (χ3v) is 4.95. The fourth-order valence-corrected chi connectivity index (χ4v) is 3.31. The molecular formula is C20H23N5OS. The van der Waals surface area contributed by atoms with Crippen LogP contribution < -0.4 is 10.6 Å². The van der Waals surface area contributed by atoms with Crippen molar-refractivity contribution in [3.63, 3.8) is 0 Å². The number of hydrogen-bond acceptors (Lipinski definition) is 5. The fraction of sp³-hybridized carbons (Fsp3) is 0.250. The minimum atomic E-state index is -0.418. The van der Waals surface area contributed by atoms with Crippen LogP contribution in [0.4, 0.5) is 11.4 Å². The van der Waals surface area contributed by atoms with Crippen molar-refractivity contribution in [2.45, 2.75) is 31.3 Å². The predicted octanol–water partition coefficient (Wildman–Crippen LogP) is 4.20. The Bertz CT molecular complexity index is 864. The van der Waals surface area contributed by atoms with Crippen molar-refractivity contribution in [2.75, 3.05) is 16.4 Å². The maximum absolute atomic E-state index is 12.3. The molecule has 1 atom stereocenters. The van der Waals surface area contributed by atoms with Gasteiger partial charge in [0.1, 0.15) is 18.7 Å². The van der Waals surface area contributed by atoms with Gasteiger partial charge < -0.3 is 10.6 Å². The smallest absolute Gasteiger partial charge is 0.249 e. The molecule has 1 amide bonds. The summed E-state index contributed by atoms with van der Waals surface area (Å²) in [6.07, 6.45) is 2.95. The van der Waals surface area contributed by atoms with E-state index in [0.717, 1.165) is 23.7 Å². The Morgan fingerprint density at radius 3 is 2.67 bits per heavy atom. The van der Waals surface area contributed by atoms with Gasteiger partial charge in [-0.25, -0.2) is 9.67 Å². The van der Waals surface area contributed by atoms with E-state index in [9.17, 15) is 4.79 Å². The molecule has 27 heavy (non-hydrogen) atoms. The van der Waals surface area contributed by atoms with Gasteiger partial charge >= 0.3 is 0 Å². The van der Waals surface area contributed by atoms with E-state index < -0.39 is 6.04 Å². The van der Waals surface area contributed by atoms with Gasteiger partial charge in [-0.1, -0.05) is 19.1 Å². The van der Waals surface area contributed by atoms with Crippen LogP contribution in [0, 0.1) is 0 Å². The van der Waals surface area contributed by atoms with Crippen LogP contribution in [-0.4, -0.2) is 26.4 Å². The monoisotopic (exact) mass is 381 g/mol. The zero-order chi connectivity index (χ0) is 19.1. The summed E-state index contributed by atoms with van der Waals surface area (Å²) in [5.41, 5.74) is 3.00. The average Bonchev–Trinajstić information content (AvgIpc) is 3.22. The van der Waals surface area contributed by atoms with Crippen molar-refractivity contribution in [1.29, 1.82) is 0 Å². The van der Waals surface area contributed by atoms with E-state index in [1.165, 1.54) is 27.8 Å². The van der Waals surface area contributed by atoms with Crippen molar-refractivity contribution in [2.24, 2.45) is 0 Å². The van der Waals surface area contributed by atoms with Crippen molar-refractivity contribution >= 4 is 29.0 Å². The number of rotatable bonds is 8. The number of thioether (sulfide) groups is 1. The first-order valence-electron chi connectivity index (χ1n) is 8.86. The molecule has 7 heteroatoms. The highest BCUT2D eigenvalue weighted by atomic mass is 32.2. The molecule has 0 bridgehead atoms. The summed E-state index contributed by atoms with van der Waals surface area (Å²) in [5, 5.41) is 10.3. The van der Waals surface area contributed by atoms with Gasteiger partial charge in [-0.15, -0.1) is 11.8 Å². The largest absolute Gasteiger partial charge is 0.381 e. The molecule has 1 unspecified atom stereocenters. The second kappa shape index (κ2) is 9.23. The zero-order valence-electron chi connectivity index (χ0n) is 15.4. The van der Waals surface area contributed by atoms with E-state index in [-0.39, 0.29) is 5.91 Å². The molecule has 0 radical (unpaired) electrons. The fourth-order valence-electron chi connectivity index (χ4n) is 2.57. The topological polar surface area (TPSA) is 71.8 Å². The van der Waals surface area contributed by atoms with Gasteiger partial charge in [0.2, 0.25) is 5.91 Å². The third kappa shape index (κ3) is 5.34. The quantitative estimate of drug-likeness (QED) is 0.572. The first-order valence-corrected chi connectivity index (χ1v) is 9.85. The molecule has 6 nitrogen and oxygen atoms in total. The van der Waals surface area contributed by atoms with Gasteiger partial charge in [-0.2, -0.15) is 5.10 Å². The summed E-state index contributed by atoms with van der Waals surface area (Å²) in [5.74, 6) is 0.936. The molecule has 0 saturated heterocycles. The molecule has 0 aliphatic heterocycles. The Balaban J connectivity index is 1.54. The molecule has 0 spiro atoms. The lowest BCUT2D eigenvalue weighted by Crippen LogP contribution is -2.24. The molecule has 0 saturated carbocycles. The van der Waals surface area contributed by atoms with E-state index in [1.807, 2.05) is 36.0 Å². The minimum absolute atomic E-state index is 0.133. The number of aromatic nitrogens is 3. The Hall–Kier alpha value is -2.80. The summed E-state index contributed by atoms with van der Waals surface area (Å²) >= 11 is 1.84. The number of benzene rings is 2. The summed E-state index contributed by atoms with van der Waals surface area (Å²) in [4.78, 5) is 17.4. The molecule has 3 aromatic rings. The molecular weight excluding hydrogens is 358 g/mol. The van der Waals surface area contributed by atoms with Crippen LogP contribution in [0.3, 0.4) is 0 Å². The van der Waals surface area contributed by atoms with Gasteiger partial charge in [0.05, 0.1) is 0 Å².